The first-order valence-corrected chi connectivity index (χ1v) is 12.1. The number of carbonyl (C=O) groups is 1. The minimum absolute atomic E-state index is 0.238. The number of thiocarbonyl (C=S) groups is 1. The summed E-state index contributed by atoms with van der Waals surface area (Å²) in [6.07, 6.45) is 4.85. The third-order valence-electron chi connectivity index (χ3n) is 5.05. The SMILES string of the molecule is Cc1cccn2c(=O)c(/C=C3\SC(=S)N(Cc4ccco4)C3=O)c(Sc3ccccc3)nc12. The normalized spacial score (nSPS) is 15.2. The lowest BCUT2D eigenvalue weighted by Crippen LogP contribution is -2.27. The van der Waals surface area contributed by atoms with Gasteiger partial charge in [-0.1, -0.05) is 60.0 Å². The van der Waals surface area contributed by atoms with Gasteiger partial charge in [-0.05, 0) is 48.9 Å². The second kappa shape index (κ2) is 9.01. The molecule has 6 nitrogen and oxygen atoms in total. The number of aryl methyl sites for hydroxylation is 1. The zero-order chi connectivity index (χ0) is 22.9. The van der Waals surface area contributed by atoms with Crippen LogP contribution >= 0.6 is 35.7 Å². The molecule has 0 aliphatic carbocycles. The first-order valence-electron chi connectivity index (χ1n) is 10.0. The fourth-order valence-corrected chi connectivity index (χ4v) is 5.56. The van der Waals surface area contributed by atoms with Gasteiger partial charge in [-0.15, -0.1) is 0 Å². The second-order valence-electron chi connectivity index (χ2n) is 7.28. The molecule has 9 heteroatoms. The molecule has 1 saturated heterocycles. The summed E-state index contributed by atoms with van der Waals surface area (Å²) in [4.78, 5) is 34.2. The Kier molecular flexibility index (Phi) is 5.92. The van der Waals surface area contributed by atoms with Gasteiger partial charge in [0, 0.05) is 11.1 Å². The number of furan rings is 1. The van der Waals surface area contributed by atoms with Crippen molar-refractivity contribution >= 4 is 57.7 Å². The number of hydrogen-bond acceptors (Lipinski definition) is 7. The molecule has 0 radical (unpaired) electrons. The van der Waals surface area contributed by atoms with Gasteiger partial charge in [0.25, 0.3) is 11.5 Å². The summed E-state index contributed by atoms with van der Waals surface area (Å²) in [5.74, 6) is 0.376. The van der Waals surface area contributed by atoms with Crippen LogP contribution in [0.4, 0.5) is 0 Å². The monoisotopic (exact) mass is 491 g/mol. The van der Waals surface area contributed by atoms with Crippen molar-refractivity contribution in [3.05, 3.63) is 99.2 Å². The summed E-state index contributed by atoms with van der Waals surface area (Å²) >= 11 is 7.99. The third-order valence-corrected chi connectivity index (χ3v) is 7.44. The molecule has 1 aromatic carbocycles. The van der Waals surface area contributed by atoms with Crippen LogP contribution in [-0.4, -0.2) is 24.5 Å². The number of carbonyl (C=O) groups excluding carboxylic acids is 1. The highest BCUT2D eigenvalue weighted by Gasteiger charge is 2.33. The Morgan fingerprint density at radius 3 is 2.70 bits per heavy atom. The summed E-state index contributed by atoms with van der Waals surface area (Å²) < 4.78 is 7.30. The van der Waals surface area contributed by atoms with Gasteiger partial charge in [0.05, 0.1) is 23.3 Å². The van der Waals surface area contributed by atoms with Crippen molar-refractivity contribution in [1.82, 2.24) is 14.3 Å². The van der Waals surface area contributed by atoms with E-state index in [0.717, 1.165) is 10.5 Å². The standard InChI is InChI=1S/C24H17N3O3S3/c1-15-7-5-11-26-20(15)25-21(32-17-9-3-2-4-10-17)18(22(26)28)13-19-23(29)27(24(31)33-19)14-16-8-6-12-30-16/h2-13H,14H2,1H3/b19-13-. The van der Waals surface area contributed by atoms with E-state index in [-0.39, 0.29) is 18.0 Å². The van der Waals surface area contributed by atoms with Gasteiger partial charge in [-0.3, -0.25) is 18.9 Å². The van der Waals surface area contributed by atoms with Crippen molar-refractivity contribution < 1.29 is 9.21 Å². The predicted molar refractivity (Wildman–Crippen MR) is 134 cm³/mol. The summed E-state index contributed by atoms with van der Waals surface area (Å²) in [6.45, 7) is 2.16. The molecular formula is C24H17N3O3S3. The lowest BCUT2D eigenvalue weighted by molar-refractivity contribution is -0.122. The Hall–Kier alpha value is -3.14. The topological polar surface area (TPSA) is 67.8 Å². The maximum atomic E-state index is 13.5. The van der Waals surface area contributed by atoms with Gasteiger partial charge in [0.2, 0.25) is 0 Å². The van der Waals surface area contributed by atoms with Crippen molar-refractivity contribution in [3.8, 4) is 0 Å². The Morgan fingerprint density at radius 1 is 1.12 bits per heavy atom. The smallest absolute Gasteiger partial charge is 0.266 e. The fraction of sp³-hybridized carbons (Fsp3) is 0.0833. The molecule has 4 heterocycles. The molecular weight excluding hydrogens is 474 g/mol. The molecule has 0 saturated carbocycles. The van der Waals surface area contributed by atoms with Crippen molar-refractivity contribution in [2.45, 2.75) is 23.4 Å². The lowest BCUT2D eigenvalue weighted by atomic mass is 10.2. The van der Waals surface area contributed by atoms with Crippen molar-refractivity contribution in [1.29, 1.82) is 0 Å². The van der Waals surface area contributed by atoms with E-state index in [9.17, 15) is 9.59 Å². The molecule has 1 amide bonds. The van der Waals surface area contributed by atoms with Gasteiger partial charge in [-0.2, -0.15) is 0 Å². The van der Waals surface area contributed by atoms with Crippen molar-refractivity contribution in [3.63, 3.8) is 0 Å². The summed E-state index contributed by atoms with van der Waals surface area (Å²) in [6, 6.07) is 17.0. The number of pyridine rings is 1. The van der Waals surface area contributed by atoms with E-state index in [1.54, 1.807) is 30.7 Å². The molecule has 0 N–H and O–H groups in total. The largest absolute Gasteiger partial charge is 0.467 e. The summed E-state index contributed by atoms with van der Waals surface area (Å²) in [7, 11) is 0. The Balaban J connectivity index is 1.61. The van der Waals surface area contributed by atoms with Crippen LogP contribution in [0.5, 0.6) is 0 Å². The molecule has 1 aliphatic rings. The van der Waals surface area contributed by atoms with Gasteiger partial charge in [0.15, 0.2) is 0 Å². The van der Waals surface area contributed by atoms with Crippen molar-refractivity contribution in [2.24, 2.45) is 0 Å². The Bertz CT molecular complexity index is 1460. The minimum atomic E-state index is -0.259. The molecule has 33 heavy (non-hydrogen) atoms. The Morgan fingerprint density at radius 2 is 1.94 bits per heavy atom. The molecule has 1 aliphatic heterocycles. The molecule has 0 spiro atoms. The number of fused-ring (bicyclic) bond motifs is 1. The summed E-state index contributed by atoms with van der Waals surface area (Å²) in [5.41, 5.74) is 1.59. The quantitative estimate of drug-likeness (QED) is 0.217. The van der Waals surface area contributed by atoms with Gasteiger partial charge in [0.1, 0.15) is 20.8 Å². The molecule has 4 aromatic rings. The van der Waals surface area contributed by atoms with Crippen LogP contribution in [-0.2, 0) is 11.3 Å². The zero-order valence-electron chi connectivity index (χ0n) is 17.4. The van der Waals surface area contributed by atoms with E-state index >= 15 is 0 Å². The maximum Gasteiger partial charge on any atom is 0.266 e. The Labute approximate surface area is 203 Å². The molecule has 0 unspecified atom stereocenters. The highest BCUT2D eigenvalue weighted by molar-refractivity contribution is 8.26. The molecule has 1 fully saturated rings. The lowest BCUT2D eigenvalue weighted by Gasteiger charge is -2.12. The molecule has 164 valence electrons. The second-order valence-corrected chi connectivity index (χ2v) is 10.0. The van der Waals surface area contributed by atoms with Gasteiger partial charge in [-0.25, -0.2) is 4.98 Å². The molecule has 0 bridgehead atoms. The maximum absolute atomic E-state index is 13.5. The number of thioether (sulfide) groups is 1. The number of rotatable bonds is 5. The number of benzene rings is 1. The third kappa shape index (κ3) is 4.27. The van der Waals surface area contributed by atoms with E-state index in [4.69, 9.17) is 21.6 Å². The number of hydrogen-bond donors (Lipinski definition) is 0. The van der Waals surface area contributed by atoms with E-state index in [1.165, 1.54) is 32.8 Å². The van der Waals surface area contributed by atoms with Crippen LogP contribution < -0.4 is 5.56 Å². The number of amides is 1. The molecule has 0 atom stereocenters. The van der Waals surface area contributed by atoms with Crippen LogP contribution in [0.25, 0.3) is 11.7 Å². The average Bonchev–Trinajstić information content (AvgIpc) is 3.42. The van der Waals surface area contributed by atoms with E-state index in [1.807, 2.05) is 49.4 Å². The first-order chi connectivity index (χ1) is 16.0. The van der Waals surface area contributed by atoms with E-state index in [0.29, 0.717) is 31.2 Å². The molecule has 5 rings (SSSR count). The first kappa shape index (κ1) is 21.7. The van der Waals surface area contributed by atoms with E-state index in [2.05, 4.69) is 0 Å². The highest BCUT2D eigenvalue weighted by Crippen LogP contribution is 2.35. The average molecular weight is 492 g/mol. The van der Waals surface area contributed by atoms with Crippen LogP contribution in [0, 0.1) is 6.92 Å². The minimum Gasteiger partial charge on any atom is -0.467 e. The number of nitrogens with zero attached hydrogens (tertiary/aromatic N) is 3. The fourth-order valence-electron chi connectivity index (χ4n) is 3.42. The van der Waals surface area contributed by atoms with Crippen molar-refractivity contribution in [2.75, 3.05) is 0 Å². The molecule has 3 aromatic heterocycles. The van der Waals surface area contributed by atoms with E-state index < -0.39 is 0 Å². The van der Waals surface area contributed by atoms with Crippen LogP contribution in [0.1, 0.15) is 16.9 Å². The van der Waals surface area contributed by atoms with Gasteiger partial charge >= 0.3 is 0 Å². The van der Waals surface area contributed by atoms with Crippen LogP contribution in [0.3, 0.4) is 0 Å². The highest BCUT2D eigenvalue weighted by atomic mass is 32.2. The number of aromatic nitrogens is 2. The summed E-state index contributed by atoms with van der Waals surface area (Å²) in [5, 5.41) is 0.539. The zero-order valence-corrected chi connectivity index (χ0v) is 19.9. The van der Waals surface area contributed by atoms with Crippen LogP contribution in [0.2, 0.25) is 0 Å². The van der Waals surface area contributed by atoms with Crippen LogP contribution in [0.15, 0.2) is 91.1 Å². The van der Waals surface area contributed by atoms with Gasteiger partial charge < -0.3 is 4.42 Å². The predicted octanol–water partition coefficient (Wildman–Crippen LogP) is 5.15.